The van der Waals surface area contributed by atoms with Gasteiger partial charge in [0, 0.05) is 6.42 Å². The summed E-state index contributed by atoms with van der Waals surface area (Å²) in [6, 6.07) is 13.6. The summed E-state index contributed by atoms with van der Waals surface area (Å²) >= 11 is 0. The number of nitrogens with one attached hydrogen (secondary N) is 2. The van der Waals surface area contributed by atoms with Crippen LogP contribution in [0.3, 0.4) is 0 Å². The second kappa shape index (κ2) is 7.63. The molecular formula is C18H22N2O3. The van der Waals surface area contributed by atoms with Crippen molar-refractivity contribution in [3.63, 3.8) is 0 Å². The molecule has 2 N–H and O–H groups in total. The fourth-order valence-electron chi connectivity index (χ4n) is 2.15. The van der Waals surface area contributed by atoms with Gasteiger partial charge in [0.15, 0.2) is 6.10 Å². The summed E-state index contributed by atoms with van der Waals surface area (Å²) < 4.78 is 5.63. The van der Waals surface area contributed by atoms with Gasteiger partial charge in [-0.25, -0.2) is 0 Å². The Kier molecular flexibility index (Phi) is 5.57. The number of carbonyl (C=O) groups excluding carboxylic acids is 2. The van der Waals surface area contributed by atoms with E-state index in [1.807, 2.05) is 56.3 Å². The zero-order valence-corrected chi connectivity index (χ0v) is 13.6. The highest BCUT2D eigenvalue weighted by Gasteiger charge is 2.15. The minimum absolute atomic E-state index is 0.216. The number of fused-ring (bicyclic) bond motifs is 1. The first-order chi connectivity index (χ1) is 11.0. The summed E-state index contributed by atoms with van der Waals surface area (Å²) in [5.41, 5.74) is 4.77. The van der Waals surface area contributed by atoms with E-state index < -0.39 is 12.0 Å². The third kappa shape index (κ3) is 4.98. The molecule has 2 aromatic rings. The Morgan fingerprint density at radius 3 is 2.39 bits per heavy atom. The molecule has 0 aliphatic carbocycles. The van der Waals surface area contributed by atoms with Gasteiger partial charge in [0.05, 0.1) is 0 Å². The van der Waals surface area contributed by atoms with E-state index in [1.165, 1.54) is 0 Å². The van der Waals surface area contributed by atoms with Gasteiger partial charge in [-0.15, -0.1) is 0 Å². The predicted octanol–water partition coefficient (Wildman–Crippen LogP) is 2.80. The molecule has 0 aliphatic rings. The molecule has 23 heavy (non-hydrogen) atoms. The molecule has 0 spiro atoms. The van der Waals surface area contributed by atoms with Gasteiger partial charge in [0.25, 0.3) is 5.91 Å². The first-order valence-corrected chi connectivity index (χ1v) is 7.70. The maximum atomic E-state index is 12.0. The fraction of sp³-hybridized carbons (Fsp3) is 0.333. The van der Waals surface area contributed by atoms with E-state index in [9.17, 15) is 9.59 Å². The summed E-state index contributed by atoms with van der Waals surface area (Å²) in [6.07, 6.45) is -0.351. The Bertz CT molecular complexity index is 697. The lowest BCUT2D eigenvalue weighted by Crippen LogP contribution is -2.47. The van der Waals surface area contributed by atoms with Crippen LogP contribution in [0.25, 0.3) is 10.8 Å². The quantitative estimate of drug-likeness (QED) is 0.834. The first kappa shape index (κ1) is 16.8. The molecule has 122 valence electrons. The third-order valence-electron chi connectivity index (χ3n) is 3.32. The normalized spacial score (nSPS) is 12.0. The molecule has 0 fully saturated rings. The Hall–Kier alpha value is -2.56. The highest BCUT2D eigenvalue weighted by Crippen LogP contribution is 2.21. The van der Waals surface area contributed by atoms with Crippen molar-refractivity contribution in [2.75, 3.05) is 0 Å². The van der Waals surface area contributed by atoms with E-state index in [0.29, 0.717) is 12.2 Å². The smallest absolute Gasteiger partial charge is 0.279 e. The number of benzene rings is 2. The number of carbonyl (C=O) groups is 2. The van der Waals surface area contributed by atoms with Crippen molar-refractivity contribution >= 4 is 22.6 Å². The molecule has 0 heterocycles. The van der Waals surface area contributed by atoms with Gasteiger partial charge < -0.3 is 4.74 Å². The molecule has 2 rings (SSSR count). The van der Waals surface area contributed by atoms with E-state index in [2.05, 4.69) is 10.9 Å². The molecule has 5 heteroatoms. The van der Waals surface area contributed by atoms with Gasteiger partial charge in [-0.2, -0.15) is 0 Å². The molecule has 5 nitrogen and oxygen atoms in total. The number of hydrazine groups is 1. The van der Waals surface area contributed by atoms with Crippen molar-refractivity contribution in [1.29, 1.82) is 0 Å². The van der Waals surface area contributed by atoms with Gasteiger partial charge >= 0.3 is 0 Å². The molecule has 2 aromatic carbocycles. The van der Waals surface area contributed by atoms with Crippen molar-refractivity contribution < 1.29 is 14.3 Å². The van der Waals surface area contributed by atoms with E-state index in [-0.39, 0.29) is 11.8 Å². The zero-order valence-electron chi connectivity index (χ0n) is 13.6. The lowest BCUT2D eigenvalue weighted by Gasteiger charge is -2.16. The second-order valence-corrected chi connectivity index (χ2v) is 5.90. The Morgan fingerprint density at radius 1 is 1.00 bits per heavy atom. The molecule has 0 aromatic heterocycles. The molecule has 0 radical (unpaired) electrons. The monoisotopic (exact) mass is 314 g/mol. The number of amides is 2. The largest absolute Gasteiger partial charge is 0.481 e. The first-order valence-electron chi connectivity index (χ1n) is 7.70. The fourth-order valence-corrected chi connectivity index (χ4v) is 2.15. The van der Waals surface area contributed by atoms with Crippen LogP contribution >= 0.6 is 0 Å². The average molecular weight is 314 g/mol. The second-order valence-electron chi connectivity index (χ2n) is 5.90. The molecule has 0 aliphatic heterocycles. The summed E-state index contributed by atoms with van der Waals surface area (Å²) in [6.45, 7) is 5.51. The number of hydrogen-bond acceptors (Lipinski definition) is 3. The van der Waals surface area contributed by atoms with Crippen LogP contribution in [-0.2, 0) is 9.59 Å². The van der Waals surface area contributed by atoms with Gasteiger partial charge in [-0.3, -0.25) is 20.4 Å². The Labute approximate surface area is 136 Å². The van der Waals surface area contributed by atoms with Crippen molar-refractivity contribution in [2.24, 2.45) is 5.92 Å². The summed E-state index contributed by atoms with van der Waals surface area (Å²) in [7, 11) is 0. The van der Waals surface area contributed by atoms with Crippen LogP contribution in [0.2, 0.25) is 0 Å². The Morgan fingerprint density at radius 2 is 1.70 bits per heavy atom. The molecular weight excluding hydrogens is 292 g/mol. The predicted molar refractivity (Wildman–Crippen MR) is 89.8 cm³/mol. The van der Waals surface area contributed by atoms with Crippen LogP contribution in [0.15, 0.2) is 42.5 Å². The maximum absolute atomic E-state index is 12.0. The lowest BCUT2D eigenvalue weighted by molar-refractivity contribution is -0.133. The highest BCUT2D eigenvalue weighted by molar-refractivity contribution is 5.85. The highest BCUT2D eigenvalue weighted by atomic mass is 16.5. The summed E-state index contributed by atoms with van der Waals surface area (Å²) in [4.78, 5) is 23.5. The number of ether oxygens (including phenoxy) is 1. The third-order valence-corrected chi connectivity index (χ3v) is 3.32. The van der Waals surface area contributed by atoms with Crippen LogP contribution in [0.5, 0.6) is 5.75 Å². The van der Waals surface area contributed by atoms with E-state index in [4.69, 9.17) is 4.74 Å². The standard InChI is InChI=1S/C18H22N2O3/c1-12(2)10-17(21)19-20-18(22)13(3)23-16-9-8-14-6-4-5-7-15(14)11-16/h4-9,11-13H,10H2,1-3H3,(H,19,21)(H,20,22). The summed E-state index contributed by atoms with van der Waals surface area (Å²) in [5, 5.41) is 2.15. The molecule has 0 saturated heterocycles. The maximum Gasteiger partial charge on any atom is 0.279 e. The van der Waals surface area contributed by atoms with Gasteiger partial charge in [0.2, 0.25) is 5.91 Å². The minimum Gasteiger partial charge on any atom is -0.481 e. The molecule has 2 amide bonds. The van der Waals surface area contributed by atoms with Crippen LogP contribution in [0, 0.1) is 5.92 Å². The topological polar surface area (TPSA) is 67.4 Å². The SMILES string of the molecule is CC(C)CC(=O)NNC(=O)C(C)Oc1ccc2ccccc2c1. The van der Waals surface area contributed by atoms with Crippen LogP contribution in [0.4, 0.5) is 0 Å². The molecule has 1 unspecified atom stereocenters. The van der Waals surface area contributed by atoms with E-state index in [1.54, 1.807) is 6.92 Å². The molecule has 0 saturated carbocycles. The van der Waals surface area contributed by atoms with Crippen LogP contribution < -0.4 is 15.6 Å². The molecule has 1 atom stereocenters. The van der Waals surface area contributed by atoms with Gasteiger partial charge in [-0.1, -0.05) is 44.2 Å². The number of rotatable bonds is 5. The van der Waals surface area contributed by atoms with Gasteiger partial charge in [0.1, 0.15) is 5.75 Å². The minimum atomic E-state index is -0.712. The zero-order chi connectivity index (χ0) is 16.8. The van der Waals surface area contributed by atoms with Gasteiger partial charge in [-0.05, 0) is 35.7 Å². The number of hydrogen-bond donors (Lipinski definition) is 2. The molecule has 0 bridgehead atoms. The van der Waals surface area contributed by atoms with Crippen molar-refractivity contribution in [2.45, 2.75) is 33.3 Å². The van der Waals surface area contributed by atoms with E-state index >= 15 is 0 Å². The van der Waals surface area contributed by atoms with Crippen molar-refractivity contribution in [1.82, 2.24) is 10.9 Å². The van der Waals surface area contributed by atoms with Crippen LogP contribution in [-0.4, -0.2) is 17.9 Å². The van der Waals surface area contributed by atoms with Crippen molar-refractivity contribution in [3.05, 3.63) is 42.5 Å². The van der Waals surface area contributed by atoms with E-state index in [0.717, 1.165) is 10.8 Å². The summed E-state index contributed by atoms with van der Waals surface area (Å²) in [5.74, 6) is 0.236. The Balaban J connectivity index is 1.90. The van der Waals surface area contributed by atoms with Crippen LogP contribution in [0.1, 0.15) is 27.2 Å². The lowest BCUT2D eigenvalue weighted by atomic mass is 10.1. The average Bonchev–Trinajstić information content (AvgIpc) is 2.51. The van der Waals surface area contributed by atoms with Crippen molar-refractivity contribution in [3.8, 4) is 5.75 Å².